The first-order chi connectivity index (χ1) is 11.5. The Bertz CT molecular complexity index is 511. The summed E-state index contributed by atoms with van der Waals surface area (Å²) >= 11 is 1.92. The summed E-state index contributed by atoms with van der Waals surface area (Å²) in [5.74, 6) is 0.706. The maximum atomic E-state index is 10.6. The number of likely N-dealkylation sites (tertiary alicyclic amines) is 2. The molecule has 3 heterocycles. The van der Waals surface area contributed by atoms with Crippen LogP contribution < -0.4 is 0 Å². The van der Waals surface area contributed by atoms with E-state index < -0.39 is 0 Å². The summed E-state index contributed by atoms with van der Waals surface area (Å²) in [6.07, 6.45) is 3.47. The molecule has 2 N–H and O–H groups in total. The molecular formula is C19H32N2O2S. The third kappa shape index (κ3) is 4.79. The fourth-order valence-corrected chi connectivity index (χ4v) is 5.28. The summed E-state index contributed by atoms with van der Waals surface area (Å²) in [4.78, 5) is 7.67. The number of rotatable bonds is 5. The van der Waals surface area contributed by atoms with E-state index in [0.29, 0.717) is 5.92 Å². The van der Waals surface area contributed by atoms with Gasteiger partial charge in [0, 0.05) is 48.5 Å². The zero-order valence-corrected chi connectivity index (χ0v) is 15.8. The number of hydrogen-bond acceptors (Lipinski definition) is 5. The smallest absolute Gasteiger partial charge is 0.0822 e. The van der Waals surface area contributed by atoms with Crippen LogP contribution in [-0.4, -0.2) is 64.4 Å². The minimum atomic E-state index is -0.274. The molecule has 2 fully saturated rings. The fourth-order valence-electron chi connectivity index (χ4n) is 4.01. The second-order valence-electron chi connectivity index (χ2n) is 7.89. The van der Waals surface area contributed by atoms with Gasteiger partial charge in [-0.15, -0.1) is 11.3 Å². The van der Waals surface area contributed by atoms with Crippen molar-refractivity contribution >= 4 is 11.3 Å². The lowest BCUT2D eigenvalue weighted by Gasteiger charge is -2.43. The molecule has 0 aliphatic carbocycles. The average Bonchev–Trinajstić information content (AvgIpc) is 2.95. The molecule has 2 aliphatic heterocycles. The molecule has 3 rings (SSSR count). The van der Waals surface area contributed by atoms with Crippen LogP contribution in [0.25, 0.3) is 0 Å². The maximum absolute atomic E-state index is 10.6. The Hall–Kier alpha value is -0.460. The van der Waals surface area contributed by atoms with Gasteiger partial charge in [-0.2, -0.15) is 0 Å². The third-order valence-electron chi connectivity index (χ3n) is 5.30. The van der Waals surface area contributed by atoms with Gasteiger partial charge in [0.15, 0.2) is 0 Å². The van der Waals surface area contributed by atoms with Crippen LogP contribution in [0.4, 0.5) is 0 Å². The molecule has 1 aromatic rings. The summed E-state index contributed by atoms with van der Waals surface area (Å²) in [5, 5.41) is 20.3. The van der Waals surface area contributed by atoms with E-state index in [1.54, 1.807) is 0 Å². The summed E-state index contributed by atoms with van der Waals surface area (Å²) in [6, 6.07) is 4.79. The van der Waals surface area contributed by atoms with E-state index in [1.807, 2.05) is 11.3 Å². The van der Waals surface area contributed by atoms with Crippen LogP contribution in [0.2, 0.25) is 0 Å². The normalized spacial score (nSPS) is 27.9. The lowest BCUT2D eigenvalue weighted by Crippen LogP contribution is -2.55. The van der Waals surface area contributed by atoms with E-state index in [-0.39, 0.29) is 18.2 Å². The SMILES string of the molecule is CC(C)Cc1ccc(CN2CC[C@@H](N3CCC(O)CC3)[C@H](O)C2)s1. The van der Waals surface area contributed by atoms with E-state index >= 15 is 0 Å². The van der Waals surface area contributed by atoms with Crippen molar-refractivity contribution in [2.24, 2.45) is 5.92 Å². The van der Waals surface area contributed by atoms with Crippen molar-refractivity contribution in [2.45, 2.75) is 64.3 Å². The van der Waals surface area contributed by atoms with Gasteiger partial charge in [-0.25, -0.2) is 0 Å². The van der Waals surface area contributed by atoms with E-state index in [2.05, 4.69) is 35.8 Å². The number of aliphatic hydroxyl groups excluding tert-OH is 2. The second-order valence-corrected chi connectivity index (χ2v) is 9.14. The van der Waals surface area contributed by atoms with Gasteiger partial charge in [0.05, 0.1) is 12.2 Å². The van der Waals surface area contributed by atoms with Crippen molar-refractivity contribution in [3.63, 3.8) is 0 Å². The molecule has 2 atom stereocenters. The van der Waals surface area contributed by atoms with Gasteiger partial charge in [-0.05, 0) is 43.7 Å². The maximum Gasteiger partial charge on any atom is 0.0822 e. The number of aliphatic hydroxyl groups is 2. The predicted molar refractivity (Wildman–Crippen MR) is 99.4 cm³/mol. The molecule has 136 valence electrons. The molecule has 24 heavy (non-hydrogen) atoms. The van der Waals surface area contributed by atoms with Crippen LogP contribution >= 0.6 is 11.3 Å². The van der Waals surface area contributed by atoms with Gasteiger partial charge >= 0.3 is 0 Å². The standard InChI is InChI=1S/C19H32N2O2S/c1-14(2)11-16-3-4-17(24-16)12-20-8-7-18(19(23)13-20)21-9-5-15(22)6-10-21/h3-4,14-15,18-19,22-23H,5-13H2,1-2H3/t18-,19-/m1/s1. The van der Waals surface area contributed by atoms with Crippen molar-refractivity contribution in [3.05, 3.63) is 21.9 Å². The van der Waals surface area contributed by atoms with Crippen LogP contribution in [0.1, 0.15) is 42.9 Å². The molecule has 0 radical (unpaired) electrons. The Kier molecular flexibility index (Phi) is 6.33. The summed E-state index contributed by atoms with van der Waals surface area (Å²) in [5.41, 5.74) is 0. The first-order valence-corrected chi connectivity index (χ1v) is 10.2. The van der Waals surface area contributed by atoms with Crippen molar-refractivity contribution < 1.29 is 10.2 Å². The molecule has 5 heteroatoms. The molecule has 0 bridgehead atoms. The zero-order chi connectivity index (χ0) is 17.1. The van der Waals surface area contributed by atoms with E-state index in [1.165, 1.54) is 9.75 Å². The highest BCUT2D eigenvalue weighted by molar-refractivity contribution is 7.11. The van der Waals surface area contributed by atoms with Gasteiger partial charge in [0.25, 0.3) is 0 Å². The Labute approximate surface area is 150 Å². The highest BCUT2D eigenvalue weighted by atomic mass is 32.1. The molecule has 0 amide bonds. The molecule has 0 saturated carbocycles. The summed E-state index contributed by atoms with van der Waals surface area (Å²) < 4.78 is 0. The van der Waals surface area contributed by atoms with Crippen molar-refractivity contribution in [1.82, 2.24) is 9.80 Å². The molecule has 0 unspecified atom stereocenters. The topological polar surface area (TPSA) is 46.9 Å². The number of thiophene rings is 1. The quantitative estimate of drug-likeness (QED) is 0.854. The average molecular weight is 353 g/mol. The van der Waals surface area contributed by atoms with Gasteiger partial charge in [0.1, 0.15) is 0 Å². The lowest BCUT2D eigenvalue weighted by atomic mass is 9.96. The highest BCUT2D eigenvalue weighted by Gasteiger charge is 2.33. The van der Waals surface area contributed by atoms with Crippen LogP contribution in [-0.2, 0) is 13.0 Å². The van der Waals surface area contributed by atoms with E-state index in [9.17, 15) is 10.2 Å². The Morgan fingerprint density at radius 3 is 2.46 bits per heavy atom. The van der Waals surface area contributed by atoms with E-state index in [4.69, 9.17) is 0 Å². The molecule has 2 aliphatic rings. The minimum Gasteiger partial charge on any atom is -0.393 e. The van der Waals surface area contributed by atoms with E-state index in [0.717, 1.165) is 58.4 Å². The van der Waals surface area contributed by atoms with Gasteiger partial charge < -0.3 is 10.2 Å². The summed E-state index contributed by atoms with van der Waals surface area (Å²) in [7, 11) is 0. The Morgan fingerprint density at radius 2 is 1.79 bits per heavy atom. The molecule has 0 spiro atoms. The first kappa shape index (κ1) is 18.3. The molecule has 4 nitrogen and oxygen atoms in total. The monoisotopic (exact) mass is 352 g/mol. The number of piperidine rings is 2. The number of nitrogens with zero attached hydrogens (tertiary/aromatic N) is 2. The fraction of sp³-hybridized carbons (Fsp3) is 0.789. The summed E-state index contributed by atoms with van der Waals surface area (Å²) in [6.45, 7) is 9.16. The van der Waals surface area contributed by atoms with Crippen LogP contribution in [0.3, 0.4) is 0 Å². The predicted octanol–water partition coefficient (Wildman–Crippen LogP) is 2.34. The lowest BCUT2D eigenvalue weighted by molar-refractivity contribution is -0.0353. The Morgan fingerprint density at radius 1 is 1.08 bits per heavy atom. The number of β-amino-alcohol motifs (C(OH)–C–C–N with tert-alkyl or cyclic N) is 1. The zero-order valence-electron chi connectivity index (χ0n) is 15.0. The van der Waals surface area contributed by atoms with Crippen molar-refractivity contribution in [1.29, 1.82) is 0 Å². The molecule has 1 aromatic heterocycles. The molecular weight excluding hydrogens is 320 g/mol. The van der Waals surface area contributed by atoms with Crippen molar-refractivity contribution in [2.75, 3.05) is 26.2 Å². The van der Waals surface area contributed by atoms with Crippen molar-refractivity contribution in [3.8, 4) is 0 Å². The largest absolute Gasteiger partial charge is 0.393 e. The minimum absolute atomic E-state index is 0.141. The molecule has 0 aromatic carbocycles. The van der Waals surface area contributed by atoms with Crippen LogP contribution in [0.15, 0.2) is 12.1 Å². The van der Waals surface area contributed by atoms with Crippen LogP contribution in [0, 0.1) is 5.92 Å². The molecule has 2 saturated heterocycles. The van der Waals surface area contributed by atoms with Gasteiger partial charge in [0.2, 0.25) is 0 Å². The highest BCUT2D eigenvalue weighted by Crippen LogP contribution is 2.25. The first-order valence-electron chi connectivity index (χ1n) is 9.41. The van der Waals surface area contributed by atoms with Gasteiger partial charge in [-0.3, -0.25) is 9.80 Å². The number of hydrogen-bond donors (Lipinski definition) is 2. The second kappa shape index (κ2) is 8.28. The Balaban J connectivity index is 1.49. The third-order valence-corrected chi connectivity index (χ3v) is 6.40. The van der Waals surface area contributed by atoms with Crippen LogP contribution in [0.5, 0.6) is 0 Å². The van der Waals surface area contributed by atoms with Gasteiger partial charge in [-0.1, -0.05) is 13.8 Å².